The second kappa shape index (κ2) is 13.6. The van der Waals surface area contributed by atoms with Gasteiger partial charge in [-0.3, -0.25) is 19.6 Å². The first-order valence-electron chi connectivity index (χ1n) is 18.2. The van der Waals surface area contributed by atoms with Crippen LogP contribution in [-0.2, 0) is 17.8 Å². The number of aliphatic carboxylic acids is 1. The Morgan fingerprint density at radius 3 is 2.69 bits per heavy atom. The predicted molar refractivity (Wildman–Crippen MR) is 204 cm³/mol. The Bertz CT molecular complexity index is 2570. The Balaban J connectivity index is 1.01. The van der Waals surface area contributed by atoms with Gasteiger partial charge in [0.15, 0.2) is 11.4 Å². The summed E-state index contributed by atoms with van der Waals surface area (Å²) in [5, 5.41) is 47.2. The number of benzene rings is 2. The third-order valence-electron chi connectivity index (χ3n) is 11.3. The van der Waals surface area contributed by atoms with E-state index in [4.69, 9.17) is 14.4 Å². The third-order valence-corrected chi connectivity index (χ3v) is 12.2. The van der Waals surface area contributed by atoms with Gasteiger partial charge in [-0.1, -0.05) is 12.1 Å². The van der Waals surface area contributed by atoms with E-state index in [9.17, 15) is 25.5 Å². The highest BCUT2D eigenvalue weighted by Gasteiger charge is 2.37. The number of hydrogen-bond acceptors (Lipinski definition) is 12. The average molecular weight is 737 g/mol. The van der Waals surface area contributed by atoms with Crippen LogP contribution in [0.3, 0.4) is 0 Å². The maximum atomic E-state index is 11.7. The number of rotatable bonds is 8. The van der Waals surface area contributed by atoms with E-state index >= 15 is 0 Å². The smallest absolute Gasteiger partial charge is 0.307 e. The number of anilines is 2. The fourth-order valence-corrected chi connectivity index (χ4v) is 9.45. The minimum Gasteiger partial charge on any atom is -0.481 e. The SMILES string of the molecule is Cc1c(-c2nc3cc4c(c(C#N)c3o2)CC[C@H]4N2CC[C@@H](C(=O)O)C2)cccc1-c1csc(Nc2nccc3cc(CN4CC[C@@H](O)C4)cnc23)c1C#N. The zero-order valence-electron chi connectivity index (χ0n) is 29.5. The Labute approximate surface area is 314 Å². The summed E-state index contributed by atoms with van der Waals surface area (Å²) in [6.07, 6.45) is 6.27. The topological polar surface area (TPSA) is 175 Å². The zero-order chi connectivity index (χ0) is 37.1. The predicted octanol–water partition coefficient (Wildman–Crippen LogP) is 6.92. The molecular weight excluding hydrogens is 701 g/mol. The van der Waals surface area contributed by atoms with Crippen molar-refractivity contribution in [2.45, 2.75) is 51.3 Å². The molecule has 13 heteroatoms. The molecule has 1 aliphatic carbocycles. The standard InChI is InChI=1S/C41H36N8O4S/c1-22-27(33-21-54-40(32(33)16-43)47-38-36-24(7-10-44-38)13-23(17-45-36)18-48-11-9-26(50)20-48)3-2-4-28(22)39-46-34-14-30-29(31(15-42)37(34)53-39)5-6-35(30)49-12-8-25(19-49)41(51)52/h2-4,7,10,13-14,17,21,25-26,35,50H,5-6,8-9,11-12,18-20H2,1H3,(H,44,47)(H,51,52)/t25-,26-,35-/m1/s1. The number of aliphatic hydroxyl groups excluding tert-OH is 1. The number of oxazole rings is 1. The van der Waals surface area contributed by atoms with Crippen molar-refractivity contribution in [3.8, 4) is 34.7 Å². The van der Waals surface area contributed by atoms with E-state index < -0.39 is 5.97 Å². The molecule has 6 aromatic rings. The molecule has 0 bridgehead atoms. The molecule has 3 aliphatic rings. The molecule has 3 atom stereocenters. The van der Waals surface area contributed by atoms with E-state index in [1.165, 1.54) is 11.3 Å². The molecule has 3 N–H and O–H groups in total. The highest BCUT2D eigenvalue weighted by molar-refractivity contribution is 7.15. The third kappa shape index (κ3) is 5.86. The number of fused-ring (bicyclic) bond motifs is 3. The van der Waals surface area contributed by atoms with Gasteiger partial charge >= 0.3 is 5.97 Å². The number of carboxylic acid groups (broad SMARTS) is 1. The van der Waals surface area contributed by atoms with Crippen LogP contribution in [0.25, 0.3) is 44.6 Å². The van der Waals surface area contributed by atoms with Gasteiger partial charge in [0.1, 0.15) is 33.7 Å². The summed E-state index contributed by atoms with van der Waals surface area (Å²) in [7, 11) is 0. The number of nitrogens with zero attached hydrogens (tertiary/aromatic N) is 7. The van der Waals surface area contributed by atoms with Crippen molar-refractivity contribution in [1.82, 2.24) is 24.8 Å². The van der Waals surface area contributed by atoms with Crippen molar-refractivity contribution >= 4 is 50.1 Å². The molecule has 9 rings (SSSR count). The number of aliphatic hydroxyl groups is 1. The van der Waals surface area contributed by atoms with Gasteiger partial charge in [0, 0.05) is 66.5 Å². The van der Waals surface area contributed by atoms with Gasteiger partial charge < -0.3 is 19.9 Å². The van der Waals surface area contributed by atoms with Crippen molar-refractivity contribution in [2.24, 2.45) is 5.92 Å². The summed E-state index contributed by atoms with van der Waals surface area (Å²) in [6, 6.07) is 16.7. The second-order valence-corrected chi connectivity index (χ2v) is 15.4. The van der Waals surface area contributed by atoms with Crippen LogP contribution in [0.1, 0.15) is 58.7 Å². The zero-order valence-corrected chi connectivity index (χ0v) is 30.4. The Kier molecular flexibility index (Phi) is 8.60. The first kappa shape index (κ1) is 34.1. The van der Waals surface area contributed by atoms with Gasteiger partial charge in [-0.05, 0) is 91.2 Å². The lowest BCUT2D eigenvalue weighted by molar-refractivity contribution is -0.141. The molecule has 0 unspecified atom stereocenters. The van der Waals surface area contributed by atoms with E-state index in [2.05, 4.69) is 38.3 Å². The molecule has 0 amide bonds. The number of β-amino-alcohol motifs (C(OH)–C–C–N with tert-alkyl or cyclic N) is 1. The Morgan fingerprint density at radius 1 is 1.06 bits per heavy atom. The largest absolute Gasteiger partial charge is 0.481 e. The minimum absolute atomic E-state index is 0.0461. The van der Waals surface area contributed by atoms with Gasteiger partial charge in [0.25, 0.3) is 0 Å². The number of hydrogen-bond donors (Lipinski definition) is 3. The molecule has 270 valence electrons. The molecular formula is C41H36N8O4S. The molecule has 0 spiro atoms. The lowest BCUT2D eigenvalue weighted by atomic mass is 9.96. The molecule has 2 fully saturated rings. The fourth-order valence-electron chi connectivity index (χ4n) is 8.54. The summed E-state index contributed by atoms with van der Waals surface area (Å²) < 4.78 is 6.39. The maximum absolute atomic E-state index is 11.7. The van der Waals surface area contributed by atoms with Crippen LogP contribution in [-0.4, -0.2) is 73.2 Å². The van der Waals surface area contributed by atoms with Crippen LogP contribution in [0.4, 0.5) is 10.8 Å². The Hall–Kier alpha value is -5.70. The van der Waals surface area contributed by atoms with Crippen LogP contribution in [0.5, 0.6) is 0 Å². The van der Waals surface area contributed by atoms with Crippen LogP contribution >= 0.6 is 11.3 Å². The molecule has 2 aliphatic heterocycles. The average Bonchev–Trinajstić information content (AvgIpc) is 4.02. The molecule has 4 aromatic heterocycles. The van der Waals surface area contributed by atoms with Crippen molar-refractivity contribution in [3.05, 3.63) is 87.6 Å². The number of carboxylic acids is 1. The summed E-state index contributed by atoms with van der Waals surface area (Å²) in [5.41, 5.74) is 9.07. The highest BCUT2D eigenvalue weighted by Crippen LogP contribution is 2.45. The van der Waals surface area contributed by atoms with E-state index in [1.54, 1.807) is 6.20 Å². The van der Waals surface area contributed by atoms with Crippen molar-refractivity contribution in [1.29, 1.82) is 10.5 Å². The number of pyridine rings is 2. The minimum atomic E-state index is -0.760. The monoisotopic (exact) mass is 736 g/mol. The fraction of sp³-hybridized carbons (Fsp3) is 0.317. The number of carbonyl (C=O) groups is 1. The van der Waals surface area contributed by atoms with Crippen LogP contribution in [0.15, 0.2) is 58.6 Å². The van der Waals surface area contributed by atoms with Gasteiger partial charge in [0.2, 0.25) is 5.89 Å². The van der Waals surface area contributed by atoms with Crippen molar-refractivity contribution in [2.75, 3.05) is 31.5 Å². The van der Waals surface area contributed by atoms with Crippen LogP contribution < -0.4 is 5.32 Å². The van der Waals surface area contributed by atoms with Crippen molar-refractivity contribution in [3.63, 3.8) is 0 Å². The van der Waals surface area contributed by atoms with Crippen molar-refractivity contribution < 1.29 is 19.4 Å². The van der Waals surface area contributed by atoms with E-state index in [1.807, 2.05) is 48.8 Å². The van der Waals surface area contributed by atoms with Crippen LogP contribution in [0, 0.1) is 35.5 Å². The molecule has 54 heavy (non-hydrogen) atoms. The van der Waals surface area contributed by atoms with E-state index in [-0.39, 0.29) is 18.1 Å². The number of likely N-dealkylation sites (tertiary alicyclic amines) is 2. The number of aromatic nitrogens is 3. The first-order chi connectivity index (χ1) is 26.3. The first-order valence-corrected chi connectivity index (χ1v) is 19.0. The maximum Gasteiger partial charge on any atom is 0.307 e. The van der Waals surface area contributed by atoms with Gasteiger partial charge in [0.05, 0.1) is 17.6 Å². The second-order valence-electron chi connectivity index (χ2n) is 14.5. The quantitative estimate of drug-likeness (QED) is 0.147. The summed E-state index contributed by atoms with van der Waals surface area (Å²) in [6.45, 7) is 5.44. The lowest BCUT2D eigenvalue weighted by Gasteiger charge is -2.24. The number of nitrogens with one attached hydrogen (secondary N) is 1. The van der Waals surface area contributed by atoms with Gasteiger partial charge in [-0.2, -0.15) is 10.5 Å². The molecule has 6 heterocycles. The molecule has 0 radical (unpaired) electrons. The Morgan fingerprint density at radius 2 is 1.91 bits per heavy atom. The molecule has 2 saturated heterocycles. The summed E-state index contributed by atoms with van der Waals surface area (Å²) >= 11 is 1.42. The van der Waals surface area contributed by atoms with E-state index in [0.717, 1.165) is 76.7 Å². The normalized spacial score (nSPS) is 20.0. The van der Waals surface area contributed by atoms with Gasteiger partial charge in [-0.15, -0.1) is 11.3 Å². The number of thiophene rings is 1. The molecule has 2 aromatic carbocycles. The van der Waals surface area contributed by atoms with E-state index in [0.29, 0.717) is 70.5 Å². The van der Waals surface area contributed by atoms with Crippen LogP contribution in [0.2, 0.25) is 0 Å². The number of nitriles is 2. The molecule has 0 saturated carbocycles. The van der Waals surface area contributed by atoms with Gasteiger partial charge in [-0.25, -0.2) is 9.97 Å². The summed E-state index contributed by atoms with van der Waals surface area (Å²) in [4.78, 5) is 30.3. The lowest BCUT2D eigenvalue weighted by Crippen LogP contribution is -2.26. The summed E-state index contributed by atoms with van der Waals surface area (Å²) in [5.74, 6) is -0.177. The molecule has 12 nitrogen and oxygen atoms in total. The highest BCUT2D eigenvalue weighted by atomic mass is 32.1.